The quantitative estimate of drug-likeness (QED) is 0.163. The zero-order valence-electron chi connectivity index (χ0n) is 29.6. The van der Waals surface area contributed by atoms with Crippen LogP contribution in [0.4, 0.5) is 0 Å². The summed E-state index contributed by atoms with van der Waals surface area (Å²) in [5.74, 6) is 3.02. The molecule has 0 amide bonds. The Kier molecular flexibility index (Phi) is 7.76. The van der Waals surface area contributed by atoms with E-state index in [2.05, 4.69) is 134 Å². The van der Waals surface area contributed by atoms with Crippen LogP contribution in [0.25, 0.3) is 27.6 Å². The maximum atomic E-state index is 6.83. The molecule has 0 N–H and O–H groups in total. The summed E-state index contributed by atoms with van der Waals surface area (Å²) in [6, 6.07) is 32.7. The normalized spacial score (nSPS) is 20.6. The fraction of sp³-hybridized carbons (Fsp3) is 0.302. The number of aryl methyl sites for hydroxylation is 3. The molecule has 2 aliphatic rings. The van der Waals surface area contributed by atoms with Crippen LogP contribution < -0.4 is 4.74 Å². The van der Waals surface area contributed by atoms with Crippen molar-refractivity contribution in [2.24, 2.45) is 10.9 Å². The Labute approximate surface area is 303 Å². The van der Waals surface area contributed by atoms with Gasteiger partial charge in [0.15, 0.2) is 0 Å². The predicted octanol–water partition coefficient (Wildman–Crippen LogP) is 10.2. The molecule has 2 atom stereocenters. The van der Waals surface area contributed by atoms with Crippen LogP contribution in [0.2, 0.25) is 0 Å². The van der Waals surface area contributed by atoms with Gasteiger partial charge in [0, 0.05) is 34.2 Å². The van der Waals surface area contributed by atoms with Gasteiger partial charge in [-0.15, -0.1) is 28.6 Å². The van der Waals surface area contributed by atoms with Gasteiger partial charge < -0.3 is 14.0 Å². The smallest absolute Gasteiger partial charge is 0.508 e. The molecule has 250 valence electrons. The van der Waals surface area contributed by atoms with Crippen molar-refractivity contribution < 1.29 is 30.5 Å². The number of pyridine rings is 1. The number of benzene rings is 4. The molecule has 0 saturated heterocycles. The second-order valence-electron chi connectivity index (χ2n) is 14.8. The van der Waals surface area contributed by atoms with Crippen molar-refractivity contribution in [3.05, 3.63) is 130 Å². The second-order valence-corrected chi connectivity index (χ2v) is 14.8. The molecule has 0 fully saturated rings. The number of nitrogens with zero attached hydrogens (tertiary/aromatic N) is 3. The van der Waals surface area contributed by atoms with E-state index in [-0.39, 0.29) is 32.4 Å². The molecule has 6 aromatic rings. The van der Waals surface area contributed by atoms with Gasteiger partial charge >= 0.3 is 21.1 Å². The second kappa shape index (κ2) is 11.4. The van der Waals surface area contributed by atoms with Gasteiger partial charge in [0.05, 0.1) is 5.54 Å². The van der Waals surface area contributed by atoms with Crippen LogP contribution >= 0.6 is 0 Å². The third-order valence-electron chi connectivity index (χ3n) is 11.0. The molecule has 0 spiro atoms. The molecule has 0 aliphatic carbocycles. The Morgan fingerprint density at radius 1 is 0.816 bits per heavy atom. The van der Waals surface area contributed by atoms with Gasteiger partial charge in [-0.3, -0.25) is 4.99 Å². The van der Waals surface area contributed by atoms with E-state index in [9.17, 15) is 0 Å². The van der Waals surface area contributed by atoms with Crippen molar-refractivity contribution in [2.75, 3.05) is 0 Å². The number of ether oxygens (including phenoxy) is 2. The molecule has 0 unspecified atom stereocenters. The van der Waals surface area contributed by atoms with Gasteiger partial charge in [0.25, 0.3) is 0 Å². The average Bonchev–Trinajstić information content (AvgIpc) is 3.52. The van der Waals surface area contributed by atoms with Gasteiger partial charge in [-0.05, 0) is 49.3 Å². The fourth-order valence-electron chi connectivity index (χ4n) is 7.85. The third-order valence-corrected chi connectivity index (χ3v) is 11.0. The van der Waals surface area contributed by atoms with E-state index in [1.54, 1.807) is 0 Å². The SMILES string of the molecule is Cc1cc(Oc2[c-]c3c(cc2C)c2cc(C)cc4c2n3-c2ncccc2C4(C)C)[c-]c(C2=N[C@](C)(C(C)C)[C@@](C)(c3ccccc3)O2)c1.[Pt+2]. The summed E-state index contributed by atoms with van der Waals surface area (Å²) in [6.45, 7) is 19.7. The molecule has 2 aliphatic heterocycles. The van der Waals surface area contributed by atoms with E-state index in [0.29, 0.717) is 17.4 Å². The molecule has 6 heteroatoms. The number of hydrogen-bond acceptors (Lipinski definition) is 4. The zero-order chi connectivity index (χ0) is 33.7. The Balaban J connectivity index is 0.00000378. The summed E-state index contributed by atoms with van der Waals surface area (Å²) in [5, 5.41) is 2.36. The molecular weight excluding hydrogens is 786 g/mol. The standard InChI is InChI=1S/C43H41N3O2.Pt/c1-25(2)42(8)43(9,30-14-11-10-12-15-30)48-40(45-42)29-18-26(3)19-31(23-29)47-37-24-36-32(22-28(37)5)33-20-27(4)21-35-38(33)46(36)39-34(41(35,6)7)16-13-17-44-39;/h10-22,25H,1-9H3;/q-2;+2/t42-,43-;/m1./s1. The van der Waals surface area contributed by atoms with Crippen LogP contribution in [0.3, 0.4) is 0 Å². The first-order valence-corrected chi connectivity index (χ1v) is 16.9. The van der Waals surface area contributed by atoms with Crippen molar-refractivity contribution in [2.45, 2.75) is 78.9 Å². The van der Waals surface area contributed by atoms with Crippen LogP contribution in [0.1, 0.15) is 80.5 Å². The summed E-state index contributed by atoms with van der Waals surface area (Å²) in [6.07, 6.45) is 1.88. The average molecular weight is 827 g/mol. The topological polar surface area (TPSA) is 48.6 Å². The van der Waals surface area contributed by atoms with Crippen molar-refractivity contribution >= 4 is 27.7 Å². The Bertz CT molecular complexity index is 2320. The monoisotopic (exact) mass is 826 g/mol. The molecule has 0 bridgehead atoms. The number of aromatic nitrogens is 2. The van der Waals surface area contributed by atoms with E-state index in [4.69, 9.17) is 19.5 Å². The maximum absolute atomic E-state index is 6.83. The molecular formula is C43H41N3O2Pt. The van der Waals surface area contributed by atoms with Crippen molar-refractivity contribution in [3.8, 4) is 17.3 Å². The summed E-state index contributed by atoms with van der Waals surface area (Å²) < 4.78 is 15.8. The summed E-state index contributed by atoms with van der Waals surface area (Å²) in [5.41, 5.74) is 8.49. The van der Waals surface area contributed by atoms with Crippen molar-refractivity contribution in [1.82, 2.24) is 9.55 Å². The zero-order valence-corrected chi connectivity index (χ0v) is 31.8. The van der Waals surface area contributed by atoms with E-state index in [1.807, 2.05) is 24.4 Å². The van der Waals surface area contributed by atoms with Crippen molar-refractivity contribution in [3.63, 3.8) is 0 Å². The van der Waals surface area contributed by atoms with Crippen LogP contribution in [-0.2, 0) is 36.8 Å². The first kappa shape index (κ1) is 33.3. The molecule has 8 rings (SSSR count). The van der Waals surface area contributed by atoms with Crippen molar-refractivity contribution in [1.29, 1.82) is 0 Å². The minimum absolute atomic E-state index is 0. The fourth-order valence-corrected chi connectivity index (χ4v) is 7.85. The van der Waals surface area contributed by atoms with Gasteiger partial charge in [-0.1, -0.05) is 119 Å². The van der Waals surface area contributed by atoms with Crippen LogP contribution in [0.15, 0.2) is 84.0 Å². The Hall–Kier alpha value is -4.21. The van der Waals surface area contributed by atoms with Crippen LogP contribution in [0.5, 0.6) is 11.5 Å². The molecule has 0 saturated carbocycles. The summed E-state index contributed by atoms with van der Waals surface area (Å²) >= 11 is 0. The van der Waals surface area contributed by atoms with E-state index in [0.717, 1.165) is 39.0 Å². The summed E-state index contributed by atoms with van der Waals surface area (Å²) in [4.78, 5) is 10.2. The molecule has 0 radical (unpaired) electrons. The first-order chi connectivity index (χ1) is 22.8. The Morgan fingerprint density at radius 2 is 1.55 bits per heavy atom. The third kappa shape index (κ3) is 4.83. The number of hydrogen-bond donors (Lipinski definition) is 0. The van der Waals surface area contributed by atoms with E-state index >= 15 is 0 Å². The van der Waals surface area contributed by atoms with Gasteiger partial charge in [-0.25, -0.2) is 4.98 Å². The molecule has 2 aromatic heterocycles. The van der Waals surface area contributed by atoms with Gasteiger partial charge in [-0.2, -0.15) is 6.07 Å². The first-order valence-electron chi connectivity index (χ1n) is 16.9. The maximum Gasteiger partial charge on any atom is 2.00 e. The molecule has 49 heavy (non-hydrogen) atoms. The van der Waals surface area contributed by atoms with E-state index < -0.39 is 11.1 Å². The minimum Gasteiger partial charge on any atom is -0.508 e. The molecule has 5 nitrogen and oxygen atoms in total. The Morgan fingerprint density at radius 3 is 2.29 bits per heavy atom. The predicted molar refractivity (Wildman–Crippen MR) is 194 cm³/mol. The van der Waals surface area contributed by atoms with Crippen LogP contribution in [0, 0.1) is 38.8 Å². The molecule has 4 heterocycles. The number of rotatable bonds is 5. The van der Waals surface area contributed by atoms with Crippen LogP contribution in [-0.4, -0.2) is 21.0 Å². The number of aliphatic imine (C=N–C) groups is 1. The van der Waals surface area contributed by atoms with E-state index in [1.165, 1.54) is 27.6 Å². The largest absolute Gasteiger partial charge is 2.00 e. The molecule has 4 aromatic carbocycles. The number of fused-ring (bicyclic) bond motifs is 5. The van der Waals surface area contributed by atoms with Gasteiger partial charge in [0.1, 0.15) is 17.3 Å². The summed E-state index contributed by atoms with van der Waals surface area (Å²) in [7, 11) is 0. The minimum atomic E-state index is -0.639. The van der Waals surface area contributed by atoms with Gasteiger partial charge in [0.2, 0.25) is 0 Å².